The van der Waals surface area contributed by atoms with Gasteiger partial charge in [0.15, 0.2) is 9.84 Å². The lowest BCUT2D eigenvalue weighted by Crippen LogP contribution is -2.12. The summed E-state index contributed by atoms with van der Waals surface area (Å²) in [6.45, 7) is 5.44. The van der Waals surface area contributed by atoms with Gasteiger partial charge in [-0.2, -0.15) is 0 Å². The van der Waals surface area contributed by atoms with Crippen LogP contribution in [0, 0.1) is 6.92 Å². The smallest absolute Gasteiger partial charge is 0.190 e. The van der Waals surface area contributed by atoms with Crippen LogP contribution in [0.3, 0.4) is 0 Å². The van der Waals surface area contributed by atoms with Crippen molar-refractivity contribution in [2.75, 3.05) is 0 Å². The highest BCUT2D eigenvalue weighted by Gasteiger charge is 2.21. The van der Waals surface area contributed by atoms with Crippen LogP contribution in [0.2, 0.25) is 0 Å². The largest absolute Gasteiger partial charge is 0.223 e. The number of sulfone groups is 1. The molecule has 0 amide bonds. The normalized spacial score (nSPS) is 12.5. The predicted molar refractivity (Wildman–Crippen MR) is 68.9 cm³/mol. The molecule has 0 atom stereocenters. The molecule has 0 saturated heterocycles. The Labute approximate surface area is 99.8 Å². The van der Waals surface area contributed by atoms with E-state index in [9.17, 15) is 8.42 Å². The van der Waals surface area contributed by atoms with Gasteiger partial charge in [0.2, 0.25) is 0 Å². The van der Waals surface area contributed by atoms with Crippen LogP contribution in [-0.4, -0.2) is 13.7 Å². The molecular weight excluding hydrogens is 240 g/mol. The molecule has 0 fully saturated rings. The number of hydrogen-bond acceptors (Lipinski definition) is 3. The van der Waals surface area contributed by atoms with Crippen LogP contribution >= 0.6 is 11.3 Å². The van der Waals surface area contributed by atoms with Gasteiger partial charge in [-0.3, -0.25) is 0 Å². The van der Waals surface area contributed by atoms with Gasteiger partial charge in [-0.15, -0.1) is 11.3 Å². The molecule has 0 aliphatic heterocycles. The zero-order valence-electron chi connectivity index (χ0n) is 9.52. The first kappa shape index (κ1) is 11.6. The molecule has 2 rings (SSSR count). The van der Waals surface area contributed by atoms with Crippen LogP contribution in [0.1, 0.15) is 19.4 Å². The van der Waals surface area contributed by atoms with E-state index in [1.807, 2.05) is 25.1 Å². The lowest BCUT2D eigenvalue weighted by atomic mass is 10.2. The van der Waals surface area contributed by atoms with Crippen LogP contribution in [0.5, 0.6) is 0 Å². The second kappa shape index (κ2) is 3.86. The Morgan fingerprint density at radius 1 is 1.19 bits per heavy atom. The first-order valence-electron chi connectivity index (χ1n) is 5.15. The van der Waals surface area contributed by atoms with Crippen LogP contribution in [-0.2, 0) is 9.84 Å². The van der Waals surface area contributed by atoms with Crippen LogP contribution in [0.4, 0.5) is 0 Å². The van der Waals surface area contributed by atoms with Gasteiger partial charge in [0, 0.05) is 4.70 Å². The van der Waals surface area contributed by atoms with Crippen LogP contribution < -0.4 is 0 Å². The van der Waals surface area contributed by atoms with Gasteiger partial charge in [0.05, 0.1) is 5.25 Å². The average molecular weight is 254 g/mol. The maximum absolute atomic E-state index is 12.0. The van der Waals surface area contributed by atoms with Crippen molar-refractivity contribution in [1.82, 2.24) is 0 Å². The molecule has 0 bridgehead atoms. The number of fused-ring (bicyclic) bond motifs is 1. The second-order valence-electron chi connectivity index (χ2n) is 4.20. The third-order valence-corrected chi connectivity index (χ3v) is 6.31. The molecule has 0 aliphatic carbocycles. The first-order valence-corrected chi connectivity index (χ1v) is 7.51. The van der Waals surface area contributed by atoms with Crippen LogP contribution in [0.25, 0.3) is 10.1 Å². The summed E-state index contributed by atoms with van der Waals surface area (Å²) in [5.41, 5.74) is 1.16. The summed E-state index contributed by atoms with van der Waals surface area (Å²) in [5.74, 6) is 0. The standard InChI is InChI=1S/C12H14O2S2/c1-8(2)16(13,14)12-7-10-5-4-9(3)6-11(10)15-12/h4-8H,1-3H3. The van der Waals surface area contributed by atoms with Crippen molar-refractivity contribution >= 4 is 31.3 Å². The Bertz CT molecular complexity index is 622. The van der Waals surface area contributed by atoms with E-state index in [0.29, 0.717) is 4.21 Å². The molecule has 86 valence electrons. The van der Waals surface area contributed by atoms with E-state index < -0.39 is 9.84 Å². The Balaban J connectivity index is 2.65. The van der Waals surface area contributed by atoms with Crippen molar-refractivity contribution in [3.05, 3.63) is 29.8 Å². The second-order valence-corrected chi connectivity index (χ2v) is 8.02. The minimum atomic E-state index is -3.13. The van der Waals surface area contributed by atoms with Crippen molar-refractivity contribution in [1.29, 1.82) is 0 Å². The third-order valence-electron chi connectivity index (χ3n) is 2.55. The Kier molecular flexibility index (Phi) is 2.80. The monoisotopic (exact) mass is 254 g/mol. The number of hydrogen-bond donors (Lipinski definition) is 0. The molecule has 0 unspecified atom stereocenters. The summed E-state index contributed by atoms with van der Waals surface area (Å²) in [5, 5.41) is 0.650. The van der Waals surface area contributed by atoms with Crippen molar-refractivity contribution in [3.8, 4) is 0 Å². The molecule has 2 nitrogen and oxygen atoms in total. The minimum Gasteiger partial charge on any atom is -0.223 e. The fraction of sp³-hybridized carbons (Fsp3) is 0.333. The van der Waals surface area contributed by atoms with Gasteiger partial charge >= 0.3 is 0 Å². The summed E-state index contributed by atoms with van der Waals surface area (Å²) in [4.78, 5) is 0. The number of aryl methyl sites for hydroxylation is 1. The van der Waals surface area contributed by atoms with Crippen molar-refractivity contribution in [2.24, 2.45) is 0 Å². The minimum absolute atomic E-state index is 0.360. The molecule has 1 aromatic carbocycles. The molecule has 0 spiro atoms. The third kappa shape index (κ3) is 1.87. The zero-order chi connectivity index (χ0) is 11.9. The van der Waals surface area contributed by atoms with Gasteiger partial charge in [0.25, 0.3) is 0 Å². The molecule has 0 aliphatic rings. The predicted octanol–water partition coefficient (Wildman–Crippen LogP) is 3.39. The SMILES string of the molecule is Cc1ccc2cc(S(=O)(=O)C(C)C)sc2c1. The molecular formula is C12H14O2S2. The Hall–Kier alpha value is -0.870. The van der Waals surface area contributed by atoms with Crippen molar-refractivity contribution in [3.63, 3.8) is 0 Å². The fourth-order valence-corrected chi connectivity index (χ4v) is 4.45. The average Bonchev–Trinajstić information content (AvgIpc) is 2.60. The Morgan fingerprint density at radius 2 is 1.88 bits per heavy atom. The highest BCUT2D eigenvalue weighted by atomic mass is 32.2. The van der Waals surface area contributed by atoms with Gasteiger partial charge in [-0.05, 0) is 43.9 Å². The maximum Gasteiger partial charge on any atom is 0.190 e. The van der Waals surface area contributed by atoms with Crippen molar-refractivity contribution < 1.29 is 8.42 Å². The summed E-state index contributed by atoms with van der Waals surface area (Å²) in [7, 11) is -3.13. The summed E-state index contributed by atoms with van der Waals surface area (Å²) in [6, 6.07) is 7.77. The molecule has 4 heteroatoms. The van der Waals surface area contributed by atoms with E-state index in [0.717, 1.165) is 15.6 Å². The number of rotatable bonds is 2. The van der Waals surface area contributed by atoms with E-state index in [2.05, 4.69) is 0 Å². The Morgan fingerprint density at radius 3 is 2.50 bits per heavy atom. The van der Waals surface area contributed by atoms with Gasteiger partial charge in [-0.25, -0.2) is 8.42 Å². The van der Waals surface area contributed by atoms with E-state index in [-0.39, 0.29) is 5.25 Å². The van der Waals surface area contributed by atoms with Gasteiger partial charge in [0.1, 0.15) is 4.21 Å². The lowest BCUT2D eigenvalue weighted by Gasteiger charge is -2.03. The van der Waals surface area contributed by atoms with E-state index in [1.54, 1.807) is 19.9 Å². The topological polar surface area (TPSA) is 34.1 Å². The maximum atomic E-state index is 12.0. The quantitative estimate of drug-likeness (QED) is 0.823. The van der Waals surface area contributed by atoms with E-state index >= 15 is 0 Å². The zero-order valence-corrected chi connectivity index (χ0v) is 11.2. The van der Waals surface area contributed by atoms with Gasteiger partial charge in [-0.1, -0.05) is 12.1 Å². The molecule has 0 N–H and O–H groups in total. The van der Waals surface area contributed by atoms with Crippen molar-refractivity contribution in [2.45, 2.75) is 30.2 Å². The fourth-order valence-electron chi connectivity index (χ4n) is 1.49. The number of benzene rings is 1. The highest BCUT2D eigenvalue weighted by Crippen LogP contribution is 2.31. The summed E-state index contributed by atoms with van der Waals surface area (Å²) in [6.07, 6.45) is 0. The molecule has 1 aromatic heterocycles. The lowest BCUT2D eigenvalue weighted by molar-refractivity contribution is 0.589. The number of thiophene rings is 1. The summed E-state index contributed by atoms with van der Waals surface area (Å²) >= 11 is 1.36. The molecule has 0 saturated carbocycles. The van der Waals surface area contributed by atoms with E-state index in [1.165, 1.54) is 11.3 Å². The molecule has 2 aromatic rings. The first-order chi connectivity index (χ1) is 7.41. The molecule has 1 heterocycles. The van der Waals surface area contributed by atoms with Crippen LogP contribution in [0.15, 0.2) is 28.5 Å². The van der Waals surface area contributed by atoms with E-state index in [4.69, 9.17) is 0 Å². The summed E-state index contributed by atoms with van der Waals surface area (Å²) < 4.78 is 25.5. The van der Waals surface area contributed by atoms with Gasteiger partial charge < -0.3 is 0 Å². The molecule has 0 radical (unpaired) electrons. The molecule has 16 heavy (non-hydrogen) atoms. The highest BCUT2D eigenvalue weighted by molar-refractivity contribution is 7.94.